The number of nitrogens with one attached hydrogen (secondary N) is 2. The molecule has 2 aliphatic rings. The van der Waals surface area contributed by atoms with E-state index in [9.17, 15) is 14.4 Å². The number of pyridine rings is 1. The molecule has 1 fully saturated rings. The lowest BCUT2D eigenvalue weighted by atomic mass is 9.75. The molecule has 6 nitrogen and oxygen atoms in total. The van der Waals surface area contributed by atoms with Gasteiger partial charge >= 0.3 is 0 Å². The van der Waals surface area contributed by atoms with Crippen LogP contribution in [0.2, 0.25) is 0 Å². The zero-order valence-corrected chi connectivity index (χ0v) is 18.5. The van der Waals surface area contributed by atoms with Crippen LogP contribution in [-0.2, 0) is 11.8 Å². The average Bonchev–Trinajstić information content (AvgIpc) is 3.20. The first-order valence-corrected chi connectivity index (χ1v) is 11.0. The lowest BCUT2D eigenvalue weighted by Crippen LogP contribution is -2.41. The molecule has 1 saturated carbocycles. The van der Waals surface area contributed by atoms with Gasteiger partial charge in [-0.1, -0.05) is 44.9 Å². The van der Waals surface area contributed by atoms with Crippen LogP contribution in [0.25, 0.3) is 0 Å². The molecule has 1 heterocycles. The number of benzene rings is 1. The molecule has 2 aromatic rings. The van der Waals surface area contributed by atoms with E-state index in [1.807, 2.05) is 32.0 Å². The third-order valence-electron chi connectivity index (χ3n) is 6.79. The summed E-state index contributed by atoms with van der Waals surface area (Å²) in [5, 5.41) is 2.98. The van der Waals surface area contributed by atoms with Crippen molar-refractivity contribution < 1.29 is 14.3 Å². The maximum atomic E-state index is 13.0. The van der Waals surface area contributed by atoms with E-state index < -0.39 is 11.5 Å². The number of fused-ring (bicyclic) bond motifs is 1. The van der Waals surface area contributed by atoms with Gasteiger partial charge in [0.1, 0.15) is 11.3 Å². The monoisotopic (exact) mass is 422 g/mol. The van der Waals surface area contributed by atoms with Crippen molar-refractivity contribution in [1.29, 1.82) is 0 Å². The normalized spacial score (nSPS) is 19.0. The Kier molecular flexibility index (Phi) is 5.50. The van der Waals surface area contributed by atoms with Crippen molar-refractivity contribution in [3.8, 4) is 5.75 Å². The second kappa shape index (κ2) is 7.98. The second-order valence-corrected chi connectivity index (χ2v) is 9.72. The van der Waals surface area contributed by atoms with Crippen LogP contribution in [-0.4, -0.2) is 30.3 Å². The summed E-state index contributed by atoms with van der Waals surface area (Å²) in [6.45, 7) is 4.43. The largest absolute Gasteiger partial charge is 0.496 e. The first-order valence-electron chi connectivity index (χ1n) is 11.0. The first kappa shape index (κ1) is 21.3. The number of carbonyl (C=O) groups is 2. The number of aromatic amines is 1. The molecule has 1 amide bonds. The number of H-pyrrole nitrogens is 1. The van der Waals surface area contributed by atoms with Crippen LogP contribution < -0.4 is 15.6 Å². The van der Waals surface area contributed by atoms with Gasteiger partial charge in [-0.15, -0.1) is 0 Å². The Morgan fingerprint density at radius 1 is 1.13 bits per heavy atom. The number of hydrogen-bond donors (Lipinski definition) is 2. The number of carbonyl (C=O) groups excluding carboxylic acids is 2. The molecule has 1 aromatic heterocycles. The highest BCUT2D eigenvalue weighted by Crippen LogP contribution is 2.44. The summed E-state index contributed by atoms with van der Waals surface area (Å²) in [5.74, 6) is 0.346. The third-order valence-corrected chi connectivity index (χ3v) is 6.79. The quantitative estimate of drug-likeness (QED) is 0.768. The zero-order chi connectivity index (χ0) is 22.2. The molecule has 1 aromatic carbocycles. The van der Waals surface area contributed by atoms with Crippen molar-refractivity contribution in [3.05, 3.63) is 63.1 Å². The standard InChI is InChI=1S/C25H30N2O4/c1-24(2)13-19-16(20(28)14-24)12-17(23(30)27-19)22(29)26-15-25(10-6-7-11-25)18-8-4-5-9-21(18)31-3/h4-5,8-9,12H,6-7,10-11,13-15H2,1-3H3,(H,26,29)(H,27,30). The summed E-state index contributed by atoms with van der Waals surface area (Å²) in [6, 6.07) is 9.40. The third kappa shape index (κ3) is 4.03. The number of aromatic nitrogens is 1. The number of hydrogen-bond acceptors (Lipinski definition) is 4. The summed E-state index contributed by atoms with van der Waals surface area (Å²) in [5.41, 5.74) is 1.32. The smallest absolute Gasteiger partial charge is 0.261 e. The lowest BCUT2D eigenvalue weighted by Gasteiger charge is -2.31. The van der Waals surface area contributed by atoms with Crippen molar-refractivity contribution in [2.75, 3.05) is 13.7 Å². The molecule has 0 radical (unpaired) electrons. The van der Waals surface area contributed by atoms with Crippen LogP contribution in [0.5, 0.6) is 5.75 Å². The second-order valence-electron chi connectivity index (χ2n) is 9.72. The van der Waals surface area contributed by atoms with E-state index in [0.29, 0.717) is 30.6 Å². The number of Topliss-reactive ketones (excluding diaryl/α,β-unsaturated/α-hetero) is 1. The number of rotatable bonds is 5. The van der Waals surface area contributed by atoms with Gasteiger partial charge in [-0.2, -0.15) is 0 Å². The van der Waals surface area contributed by atoms with E-state index in [1.54, 1.807) is 7.11 Å². The number of ether oxygens (including phenoxy) is 1. The summed E-state index contributed by atoms with van der Waals surface area (Å²) in [6.07, 6.45) is 5.07. The number of amides is 1. The highest BCUT2D eigenvalue weighted by atomic mass is 16.5. The first-order chi connectivity index (χ1) is 14.7. The predicted octanol–water partition coefficient (Wildman–Crippen LogP) is 3.78. The Bertz CT molecular complexity index is 1080. The molecule has 2 N–H and O–H groups in total. The molecule has 0 unspecified atom stereocenters. The number of para-hydroxylation sites is 1. The maximum Gasteiger partial charge on any atom is 0.261 e. The zero-order valence-electron chi connectivity index (χ0n) is 18.5. The summed E-state index contributed by atoms with van der Waals surface area (Å²) in [4.78, 5) is 41.0. The van der Waals surface area contributed by atoms with Crippen LogP contribution in [0.3, 0.4) is 0 Å². The molecular formula is C25H30N2O4. The topological polar surface area (TPSA) is 88.3 Å². The Labute approximate surface area is 182 Å². The van der Waals surface area contributed by atoms with Gasteiger partial charge in [0, 0.05) is 35.2 Å². The fourth-order valence-electron chi connectivity index (χ4n) is 5.22. The van der Waals surface area contributed by atoms with Crippen LogP contribution in [0.1, 0.15) is 77.9 Å². The lowest BCUT2D eigenvalue weighted by molar-refractivity contribution is 0.0910. The summed E-state index contributed by atoms with van der Waals surface area (Å²) >= 11 is 0. The van der Waals surface area contributed by atoms with Gasteiger partial charge in [-0.05, 0) is 36.8 Å². The van der Waals surface area contributed by atoms with E-state index in [-0.39, 0.29) is 22.2 Å². The number of methoxy groups -OCH3 is 1. The van der Waals surface area contributed by atoms with Gasteiger partial charge in [0.25, 0.3) is 11.5 Å². The van der Waals surface area contributed by atoms with E-state index >= 15 is 0 Å². The van der Waals surface area contributed by atoms with Crippen molar-refractivity contribution in [3.63, 3.8) is 0 Å². The van der Waals surface area contributed by atoms with Crippen molar-refractivity contribution in [1.82, 2.24) is 10.3 Å². The molecule has 2 aliphatic carbocycles. The summed E-state index contributed by atoms with van der Waals surface area (Å²) < 4.78 is 5.58. The van der Waals surface area contributed by atoms with Crippen LogP contribution in [0.4, 0.5) is 0 Å². The molecule has 164 valence electrons. The minimum absolute atomic E-state index is 0.0000188. The van der Waals surface area contributed by atoms with Gasteiger partial charge in [0.15, 0.2) is 5.78 Å². The molecule has 0 saturated heterocycles. The van der Waals surface area contributed by atoms with E-state index in [1.165, 1.54) is 6.07 Å². The van der Waals surface area contributed by atoms with Gasteiger partial charge < -0.3 is 15.0 Å². The SMILES string of the molecule is COc1ccccc1C1(CNC(=O)c2cc3c([nH]c2=O)CC(C)(C)CC3=O)CCCC1. The fourth-order valence-corrected chi connectivity index (χ4v) is 5.22. The molecular weight excluding hydrogens is 392 g/mol. The van der Waals surface area contributed by atoms with Gasteiger partial charge in [-0.25, -0.2) is 0 Å². The Morgan fingerprint density at radius 3 is 2.55 bits per heavy atom. The van der Waals surface area contributed by atoms with E-state index in [0.717, 1.165) is 37.0 Å². The Morgan fingerprint density at radius 2 is 1.84 bits per heavy atom. The summed E-state index contributed by atoms with van der Waals surface area (Å²) in [7, 11) is 1.66. The van der Waals surface area contributed by atoms with E-state index in [2.05, 4.69) is 16.4 Å². The highest BCUT2D eigenvalue weighted by Gasteiger charge is 2.38. The highest BCUT2D eigenvalue weighted by molar-refractivity contribution is 6.02. The predicted molar refractivity (Wildman–Crippen MR) is 119 cm³/mol. The van der Waals surface area contributed by atoms with Crippen molar-refractivity contribution >= 4 is 11.7 Å². The Hall–Kier alpha value is -2.89. The van der Waals surface area contributed by atoms with Crippen molar-refractivity contribution in [2.24, 2.45) is 5.41 Å². The van der Waals surface area contributed by atoms with Crippen LogP contribution >= 0.6 is 0 Å². The minimum Gasteiger partial charge on any atom is -0.496 e. The molecule has 0 bridgehead atoms. The molecule has 6 heteroatoms. The molecule has 0 spiro atoms. The van der Waals surface area contributed by atoms with Gasteiger partial charge in [-0.3, -0.25) is 14.4 Å². The Balaban J connectivity index is 1.59. The van der Waals surface area contributed by atoms with Crippen molar-refractivity contribution in [2.45, 2.75) is 57.8 Å². The van der Waals surface area contributed by atoms with Gasteiger partial charge in [0.05, 0.1) is 7.11 Å². The van der Waals surface area contributed by atoms with Crippen LogP contribution in [0.15, 0.2) is 35.1 Å². The molecule has 0 aliphatic heterocycles. The van der Waals surface area contributed by atoms with E-state index in [4.69, 9.17) is 4.74 Å². The average molecular weight is 423 g/mol. The molecule has 4 rings (SSSR count). The van der Waals surface area contributed by atoms with Crippen LogP contribution in [0, 0.1) is 5.41 Å². The van der Waals surface area contributed by atoms with Gasteiger partial charge in [0.2, 0.25) is 0 Å². The minimum atomic E-state index is -0.445. The fraction of sp³-hybridized carbons (Fsp3) is 0.480. The molecule has 31 heavy (non-hydrogen) atoms. The maximum absolute atomic E-state index is 13.0. The number of ketones is 1. The molecule has 0 atom stereocenters.